The molecule has 0 unspecified atom stereocenters. The van der Waals surface area contributed by atoms with Crippen LogP contribution >= 0.6 is 11.6 Å². The summed E-state index contributed by atoms with van der Waals surface area (Å²) >= 11 is 5.80. The third-order valence-corrected chi connectivity index (χ3v) is 2.74. The van der Waals surface area contributed by atoms with Crippen LogP contribution in [0.4, 0.5) is 5.82 Å². The van der Waals surface area contributed by atoms with Gasteiger partial charge in [-0.15, -0.1) is 0 Å². The summed E-state index contributed by atoms with van der Waals surface area (Å²) in [7, 11) is 0. The highest BCUT2D eigenvalue weighted by Gasteiger charge is 2.17. The summed E-state index contributed by atoms with van der Waals surface area (Å²) in [6, 6.07) is 4.15. The van der Waals surface area contributed by atoms with Crippen molar-refractivity contribution in [3.05, 3.63) is 22.8 Å². The first-order valence-corrected chi connectivity index (χ1v) is 5.20. The van der Waals surface area contributed by atoms with Gasteiger partial charge in [-0.1, -0.05) is 17.7 Å². The molecule has 1 aliphatic rings. The molecule has 2 rings (SSSR count). The van der Waals surface area contributed by atoms with E-state index in [1.807, 2.05) is 12.1 Å². The number of aryl methyl sites for hydroxylation is 1. The number of aromatic nitrogens is 1. The molecule has 14 heavy (non-hydrogen) atoms. The zero-order chi connectivity index (χ0) is 9.97. The third-order valence-electron chi connectivity index (χ3n) is 2.53. The topological polar surface area (TPSA) is 45.2 Å². The average molecular weight is 213 g/mol. The van der Waals surface area contributed by atoms with Crippen molar-refractivity contribution in [2.45, 2.75) is 25.3 Å². The van der Waals surface area contributed by atoms with Crippen LogP contribution in [0.25, 0.3) is 0 Å². The number of aliphatic hydroxyl groups is 1. The second kappa shape index (κ2) is 4.15. The molecule has 0 radical (unpaired) electrons. The van der Waals surface area contributed by atoms with Crippen LogP contribution in [0, 0.1) is 0 Å². The highest BCUT2D eigenvalue weighted by Crippen LogP contribution is 2.25. The van der Waals surface area contributed by atoms with Gasteiger partial charge < -0.3 is 10.4 Å². The Morgan fingerprint density at radius 1 is 1.57 bits per heavy atom. The van der Waals surface area contributed by atoms with E-state index in [0.29, 0.717) is 11.2 Å². The molecule has 2 heterocycles. The molecule has 0 fully saturated rings. The van der Waals surface area contributed by atoms with E-state index in [9.17, 15) is 0 Å². The number of pyridine rings is 1. The molecule has 0 amide bonds. The lowest BCUT2D eigenvalue weighted by atomic mass is 9.99. The number of rotatable bonds is 2. The van der Waals surface area contributed by atoms with Gasteiger partial charge in [0.05, 0.1) is 0 Å². The van der Waals surface area contributed by atoms with Crippen molar-refractivity contribution in [2.24, 2.45) is 0 Å². The molecule has 0 spiro atoms. The van der Waals surface area contributed by atoms with Gasteiger partial charge in [0.15, 0.2) is 0 Å². The summed E-state index contributed by atoms with van der Waals surface area (Å²) in [5.41, 5.74) is 1.21. The van der Waals surface area contributed by atoms with Gasteiger partial charge in [-0.2, -0.15) is 0 Å². The Hall–Kier alpha value is -0.800. The Labute approximate surface area is 88.1 Å². The van der Waals surface area contributed by atoms with Crippen molar-refractivity contribution in [2.75, 3.05) is 11.9 Å². The quantitative estimate of drug-likeness (QED) is 0.736. The van der Waals surface area contributed by atoms with Crippen LogP contribution in [-0.4, -0.2) is 22.7 Å². The molecule has 76 valence electrons. The third kappa shape index (κ3) is 1.99. The van der Waals surface area contributed by atoms with Crippen molar-refractivity contribution in [3.8, 4) is 0 Å². The van der Waals surface area contributed by atoms with Gasteiger partial charge in [-0.3, -0.25) is 0 Å². The fraction of sp³-hybridized carbons (Fsp3) is 0.500. The molecule has 0 bridgehead atoms. The van der Waals surface area contributed by atoms with Crippen molar-refractivity contribution in [1.29, 1.82) is 0 Å². The van der Waals surface area contributed by atoms with Crippen molar-refractivity contribution < 1.29 is 5.11 Å². The maximum absolute atomic E-state index is 8.83. The van der Waals surface area contributed by atoms with Gasteiger partial charge in [0.25, 0.3) is 0 Å². The molecule has 0 aliphatic carbocycles. The van der Waals surface area contributed by atoms with Crippen LogP contribution < -0.4 is 5.32 Å². The average Bonchev–Trinajstić information content (AvgIpc) is 2.17. The minimum Gasteiger partial charge on any atom is -0.396 e. The minimum atomic E-state index is 0.216. The molecule has 0 saturated carbocycles. The Morgan fingerprint density at radius 3 is 3.21 bits per heavy atom. The van der Waals surface area contributed by atoms with E-state index in [-0.39, 0.29) is 6.61 Å². The number of halogens is 1. The summed E-state index contributed by atoms with van der Waals surface area (Å²) in [6.07, 6.45) is 2.83. The Bertz CT molecular complexity index is 330. The number of hydrogen-bond donors (Lipinski definition) is 2. The highest BCUT2D eigenvalue weighted by molar-refractivity contribution is 6.29. The van der Waals surface area contributed by atoms with Crippen molar-refractivity contribution in [3.63, 3.8) is 0 Å². The van der Waals surface area contributed by atoms with E-state index in [4.69, 9.17) is 16.7 Å². The lowest BCUT2D eigenvalue weighted by molar-refractivity contribution is 0.276. The van der Waals surface area contributed by atoms with Crippen LogP contribution in [0.5, 0.6) is 0 Å². The maximum atomic E-state index is 8.83. The number of aliphatic hydroxyl groups excluding tert-OH is 1. The van der Waals surface area contributed by atoms with Gasteiger partial charge in [0, 0.05) is 12.6 Å². The molecule has 1 aromatic heterocycles. The smallest absolute Gasteiger partial charge is 0.131 e. The van der Waals surface area contributed by atoms with Crippen LogP contribution in [0.1, 0.15) is 18.4 Å². The van der Waals surface area contributed by atoms with E-state index in [1.165, 1.54) is 5.56 Å². The fourth-order valence-corrected chi connectivity index (χ4v) is 1.91. The van der Waals surface area contributed by atoms with Gasteiger partial charge in [-0.25, -0.2) is 4.98 Å². The Balaban J connectivity index is 2.16. The molecule has 1 aliphatic heterocycles. The minimum absolute atomic E-state index is 0.216. The number of nitrogens with one attached hydrogen (secondary N) is 1. The highest BCUT2D eigenvalue weighted by atomic mass is 35.5. The van der Waals surface area contributed by atoms with E-state index >= 15 is 0 Å². The molecule has 2 N–H and O–H groups in total. The largest absolute Gasteiger partial charge is 0.396 e. The lowest BCUT2D eigenvalue weighted by Gasteiger charge is -2.25. The molecular formula is C10H13ClN2O. The summed E-state index contributed by atoms with van der Waals surface area (Å²) in [6.45, 7) is 0.216. The normalized spacial score (nSPS) is 20.0. The second-order valence-electron chi connectivity index (χ2n) is 3.53. The predicted molar refractivity (Wildman–Crippen MR) is 56.7 cm³/mol. The lowest BCUT2D eigenvalue weighted by Crippen LogP contribution is -2.27. The summed E-state index contributed by atoms with van der Waals surface area (Å²) in [5.74, 6) is 0.877. The molecule has 0 saturated heterocycles. The Kier molecular flexibility index (Phi) is 2.89. The molecule has 1 aromatic rings. The van der Waals surface area contributed by atoms with Crippen molar-refractivity contribution in [1.82, 2.24) is 4.98 Å². The molecule has 3 nitrogen and oxygen atoms in total. The predicted octanol–water partition coefficient (Wildman–Crippen LogP) is 1.84. The molecule has 4 heteroatoms. The first kappa shape index (κ1) is 9.74. The van der Waals surface area contributed by atoms with Crippen LogP contribution in [-0.2, 0) is 6.42 Å². The summed E-state index contributed by atoms with van der Waals surface area (Å²) in [4.78, 5) is 4.22. The molecular weight excluding hydrogens is 200 g/mol. The zero-order valence-electron chi connectivity index (χ0n) is 7.83. The second-order valence-corrected chi connectivity index (χ2v) is 3.92. The SMILES string of the molecule is OCC[C@H]1CCc2ccc(Cl)nc2N1. The maximum Gasteiger partial charge on any atom is 0.131 e. The summed E-state index contributed by atoms with van der Waals surface area (Å²) in [5, 5.41) is 12.6. The van der Waals surface area contributed by atoms with Gasteiger partial charge in [0.1, 0.15) is 11.0 Å². The van der Waals surface area contributed by atoms with Gasteiger partial charge in [0.2, 0.25) is 0 Å². The molecule has 1 atom stereocenters. The monoisotopic (exact) mass is 212 g/mol. The first-order valence-electron chi connectivity index (χ1n) is 4.82. The standard InChI is InChI=1S/C10H13ClN2O/c11-9-4-2-7-1-3-8(5-6-14)12-10(7)13-9/h2,4,8,14H,1,3,5-6H2,(H,12,13)/t8-/m1/s1. The van der Waals surface area contributed by atoms with E-state index < -0.39 is 0 Å². The van der Waals surface area contributed by atoms with Crippen molar-refractivity contribution >= 4 is 17.4 Å². The van der Waals surface area contributed by atoms with Gasteiger partial charge >= 0.3 is 0 Å². The number of nitrogens with zero attached hydrogens (tertiary/aromatic N) is 1. The fourth-order valence-electron chi connectivity index (χ4n) is 1.76. The number of fused-ring (bicyclic) bond motifs is 1. The Morgan fingerprint density at radius 2 is 2.43 bits per heavy atom. The van der Waals surface area contributed by atoms with Crippen LogP contribution in [0.3, 0.4) is 0 Å². The van der Waals surface area contributed by atoms with E-state index in [0.717, 1.165) is 25.1 Å². The number of anilines is 1. The van der Waals surface area contributed by atoms with Gasteiger partial charge in [-0.05, 0) is 30.9 Å². The number of hydrogen-bond acceptors (Lipinski definition) is 3. The van der Waals surface area contributed by atoms with E-state index in [2.05, 4.69) is 10.3 Å². The first-order chi connectivity index (χ1) is 6.79. The summed E-state index contributed by atoms with van der Waals surface area (Å²) < 4.78 is 0. The zero-order valence-corrected chi connectivity index (χ0v) is 8.59. The van der Waals surface area contributed by atoms with E-state index in [1.54, 1.807) is 0 Å². The molecule has 0 aromatic carbocycles. The van der Waals surface area contributed by atoms with Crippen LogP contribution in [0.2, 0.25) is 5.15 Å². The van der Waals surface area contributed by atoms with Crippen LogP contribution in [0.15, 0.2) is 12.1 Å².